The molecule has 108 valence electrons. The summed E-state index contributed by atoms with van der Waals surface area (Å²) in [5.41, 5.74) is 1.46. The van der Waals surface area contributed by atoms with Crippen LogP contribution in [0.25, 0.3) is 6.08 Å². The van der Waals surface area contributed by atoms with Crippen molar-refractivity contribution in [3.8, 4) is 5.75 Å². The van der Waals surface area contributed by atoms with Crippen molar-refractivity contribution in [3.63, 3.8) is 0 Å². The average Bonchev–Trinajstić information content (AvgIpc) is 2.39. The Morgan fingerprint density at radius 3 is 2.60 bits per heavy atom. The molecule has 0 aromatic heterocycles. The molecule has 0 aliphatic heterocycles. The first-order valence-corrected chi connectivity index (χ1v) is 6.29. The van der Waals surface area contributed by atoms with Crippen LogP contribution in [0.15, 0.2) is 24.3 Å². The molecule has 0 spiro atoms. The van der Waals surface area contributed by atoms with Gasteiger partial charge in [-0.15, -0.1) is 0 Å². The molecular formula is C15H19NO4. The van der Waals surface area contributed by atoms with Crippen molar-refractivity contribution in [1.82, 2.24) is 4.90 Å². The van der Waals surface area contributed by atoms with Crippen molar-refractivity contribution in [2.24, 2.45) is 0 Å². The van der Waals surface area contributed by atoms with E-state index in [9.17, 15) is 9.59 Å². The van der Waals surface area contributed by atoms with Gasteiger partial charge in [0, 0.05) is 25.7 Å². The minimum Gasteiger partial charge on any atom is -0.463 e. The molecule has 5 heteroatoms. The second-order valence-corrected chi connectivity index (χ2v) is 4.34. The van der Waals surface area contributed by atoms with Crippen LogP contribution in [-0.4, -0.2) is 37.7 Å². The normalized spacial score (nSPS) is 10.4. The molecule has 0 atom stereocenters. The van der Waals surface area contributed by atoms with Gasteiger partial charge in [-0.2, -0.15) is 0 Å². The molecule has 5 nitrogen and oxygen atoms in total. The summed E-state index contributed by atoms with van der Waals surface area (Å²) in [6, 6.07) is 5.42. The topological polar surface area (TPSA) is 55.8 Å². The first-order valence-electron chi connectivity index (χ1n) is 6.29. The minimum atomic E-state index is -0.468. The number of aryl methyl sites for hydroxylation is 1. The Bertz CT molecular complexity index is 521. The number of hydrogen-bond donors (Lipinski definition) is 0. The van der Waals surface area contributed by atoms with E-state index in [1.807, 2.05) is 19.1 Å². The smallest absolute Gasteiger partial charge is 0.414 e. The van der Waals surface area contributed by atoms with Gasteiger partial charge in [0.1, 0.15) is 5.75 Å². The number of ether oxygens (including phenoxy) is 2. The van der Waals surface area contributed by atoms with Crippen molar-refractivity contribution in [1.29, 1.82) is 0 Å². The van der Waals surface area contributed by atoms with Gasteiger partial charge in [0.15, 0.2) is 0 Å². The van der Waals surface area contributed by atoms with Crippen LogP contribution in [0.3, 0.4) is 0 Å². The number of nitrogens with zero attached hydrogens (tertiary/aromatic N) is 1. The lowest BCUT2D eigenvalue weighted by molar-refractivity contribution is -0.137. The number of carbonyl (C=O) groups is 2. The predicted molar refractivity (Wildman–Crippen MR) is 76.6 cm³/mol. The number of hydrogen-bond acceptors (Lipinski definition) is 4. The summed E-state index contributed by atoms with van der Waals surface area (Å²) < 4.78 is 10.1. The van der Waals surface area contributed by atoms with E-state index in [1.165, 1.54) is 11.0 Å². The van der Waals surface area contributed by atoms with E-state index in [4.69, 9.17) is 9.47 Å². The van der Waals surface area contributed by atoms with Crippen molar-refractivity contribution < 1.29 is 19.1 Å². The van der Waals surface area contributed by atoms with E-state index in [0.29, 0.717) is 17.9 Å². The van der Waals surface area contributed by atoms with E-state index < -0.39 is 12.1 Å². The van der Waals surface area contributed by atoms with E-state index in [2.05, 4.69) is 0 Å². The maximum Gasteiger partial charge on any atom is 0.414 e. The molecule has 0 saturated heterocycles. The molecule has 0 heterocycles. The van der Waals surface area contributed by atoms with Crippen LogP contribution in [-0.2, 0) is 9.53 Å². The molecule has 1 aromatic rings. The number of benzene rings is 1. The summed E-state index contributed by atoms with van der Waals surface area (Å²) in [7, 11) is 3.21. The summed E-state index contributed by atoms with van der Waals surface area (Å²) in [4.78, 5) is 24.3. The van der Waals surface area contributed by atoms with Gasteiger partial charge in [-0.3, -0.25) is 0 Å². The van der Waals surface area contributed by atoms with E-state index in [0.717, 1.165) is 5.56 Å². The quantitative estimate of drug-likeness (QED) is 0.627. The van der Waals surface area contributed by atoms with E-state index in [-0.39, 0.29) is 0 Å². The molecule has 0 unspecified atom stereocenters. The van der Waals surface area contributed by atoms with Crippen molar-refractivity contribution in [2.75, 3.05) is 20.7 Å². The molecule has 20 heavy (non-hydrogen) atoms. The van der Waals surface area contributed by atoms with Crippen LogP contribution in [0.5, 0.6) is 5.75 Å². The molecule has 1 amide bonds. The maximum atomic E-state index is 11.6. The van der Waals surface area contributed by atoms with Crippen molar-refractivity contribution in [3.05, 3.63) is 35.4 Å². The SMILES string of the molecule is CCOC(=O)/C=C/c1cccc(C)c1OC(=O)N(C)C. The van der Waals surface area contributed by atoms with Gasteiger partial charge in [-0.05, 0) is 25.5 Å². The average molecular weight is 277 g/mol. The zero-order chi connectivity index (χ0) is 15.1. The molecule has 0 aliphatic carbocycles. The fraction of sp³-hybridized carbons (Fsp3) is 0.333. The Kier molecular flexibility index (Phi) is 5.77. The summed E-state index contributed by atoms with van der Waals surface area (Å²) >= 11 is 0. The molecule has 0 saturated carbocycles. The number of amides is 1. The lowest BCUT2D eigenvalue weighted by Gasteiger charge is -2.14. The van der Waals surface area contributed by atoms with Gasteiger partial charge < -0.3 is 14.4 Å². The lowest BCUT2D eigenvalue weighted by atomic mass is 10.1. The summed E-state index contributed by atoms with van der Waals surface area (Å²) in [5.74, 6) is 0.00522. The summed E-state index contributed by atoms with van der Waals surface area (Å²) in [6.45, 7) is 3.89. The van der Waals surface area contributed by atoms with Crippen LogP contribution in [0.4, 0.5) is 4.79 Å². The fourth-order valence-corrected chi connectivity index (χ4v) is 1.47. The Hall–Kier alpha value is -2.30. The third-order valence-corrected chi connectivity index (χ3v) is 2.48. The maximum absolute atomic E-state index is 11.6. The van der Waals surface area contributed by atoms with Crippen LogP contribution in [0.1, 0.15) is 18.1 Å². The third-order valence-electron chi connectivity index (χ3n) is 2.48. The first-order chi connectivity index (χ1) is 9.45. The van der Waals surface area contributed by atoms with Crippen LogP contribution >= 0.6 is 0 Å². The van der Waals surface area contributed by atoms with Gasteiger partial charge in [0.25, 0.3) is 0 Å². The van der Waals surface area contributed by atoms with E-state index >= 15 is 0 Å². The largest absolute Gasteiger partial charge is 0.463 e. The molecular weight excluding hydrogens is 258 g/mol. The van der Waals surface area contributed by atoms with Crippen LogP contribution in [0, 0.1) is 6.92 Å². The number of para-hydroxylation sites is 1. The van der Waals surface area contributed by atoms with Gasteiger partial charge in [0.2, 0.25) is 0 Å². The molecule has 0 bridgehead atoms. The Balaban J connectivity index is 2.99. The van der Waals surface area contributed by atoms with Gasteiger partial charge in [-0.1, -0.05) is 18.2 Å². The molecule has 0 aliphatic rings. The second-order valence-electron chi connectivity index (χ2n) is 4.34. The molecule has 0 N–H and O–H groups in total. The molecule has 0 radical (unpaired) electrons. The highest BCUT2D eigenvalue weighted by Crippen LogP contribution is 2.25. The highest BCUT2D eigenvalue weighted by atomic mass is 16.6. The van der Waals surface area contributed by atoms with Gasteiger partial charge >= 0.3 is 12.1 Å². The number of rotatable bonds is 4. The molecule has 0 fully saturated rings. The summed E-state index contributed by atoms with van der Waals surface area (Å²) in [5, 5.41) is 0. The van der Waals surface area contributed by atoms with Crippen LogP contribution < -0.4 is 4.74 Å². The van der Waals surface area contributed by atoms with E-state index in [1.54, 1.807) is 33.2 Å². The number of esters is 1. The molecule has 1 aromatic carbocycles. The van der Waals surface area contributed by atoms with Gasteiger partial charge in [-0.25, -0.2) is 9.59 Å². The third kappa shape index (κ3) is 4.42. The minimum absolute atomic E-state index is 0.319. The zero-order valence-corrected chi connectivity index (χ0v) is 12.2. The van der Waals surface area contributed by atoms with Crippen molar-refractivity contribution >= 4 is 18.1 Å². The standard InChI is InChI=1S/C15H19NO4/c1-5-19-13(17)10-9-12-8-6-7-11(2)14(12)20-15(18)16(3)4/h6-10H,5H2,1-4H3/b10-9+. The van der Waals surface area contributed by atoms with Gasteiger partial charge in [0.05, 0.1) is 6.61 Å². The zero-order valence-electron chi connectivity index (χ0n) is 12.2. The predicted octanol–water partition coefficient (Wildman–Crippen LogP) is 2.63. The highest BCUT2D eigenvalue weighted by molar-refractivity contribution is 5.88. The fourth-order valence-electron chi connectivity index (χ4n) is 1.47. The van der Waals surface area contributed by atoms with Crippen LogP contribution in [0.2, 0.25) is 0 Å². The Morgan fingerprint density at radius 2 is 2.00 bits per heavy atom. The molecule has 1 rings (SSSR count). The number of carbonyl (C=O) groups excluding carboxylic acids is 2. The highest BCUT2D eigenvalue weighted by Gasteiger charge is 2.12. The second kappa shape index (κ2) is 7.33. The summed E-state index contributed by atoms with van der Waals surface area (Å²) in [6.07, 6.45) is 2.42. The lowest BCUT2D eigenvalue weighted by Crippen LogP contribution is -2.25. The Morgan fingerprint density at radius 1 is 1.30 bits per heavy atom. The first kappa shape index (κ1) is 15.8. The monoisotopic (exact) mass is 277 g/mol. The van der Waals surface area contributed by atoms with Crippen molar-refractivity contribution in [2.45, 2.75) is 13.8 Å². The Labute approximate surface area is 118 Å².